The van der Waals surface area contributed by atoms with Crippen molar-refractivity contribution in [3.8, 4) is 0 Å². The summed E-state index contributed by atoms with van der Waals surface area (Å²) in [6.45, 7) is 7.64. The Hall–Kier alpha value is -1.82. The van der Waals surface area contributed by atoms with E-state index in [-0.39, 0.29) is 0 Å². The van der Waals surface area contributed by atoms with E-state index in [2.05, 4.69) is 49.6 Å². The molecule has 0 heterocycles. The van der Waals surface area contributed by atoms with Crippen molar-refractivity contribution in [1.82, 2.24) is 0 Å². The van der Waals surface area contributed by atoms with E-state index in [4.69, 9.17) is 0 Å². The highest BCUT2D eigenvalue weighted by Gasteiger charge is 2.03. The molecule has 0 heteroatoms. The van der Waals surface area contributed by atoms with Crippen molar-refractivity contribution in [2.24, 2.45) is 0 Å². The fourth-order valence-electron chi connectivity index (χ4n) is 1.78. The van der Waals surface area contributed by atoms with Crippen LogP contribution in [-0.4, -0.2) is 0 Å². The molecule has 1 aromatic rings. The smallest absolute Gasteiger partial charge is 0.0162 e. The lowest BCUT2D eigenvalue weighted by atomic mass is 9.98. The van der Waals surface area contributed by atoms with Crippen LogP contribution >= 0.6 is 0 Å². The predicted molar refractivity (Wildman–Crippen MR) is 69.3 cm³/mol. The Morgan fingerprint density at radius 3 is 1.73 bits per heavy atom. The zero-order valence-electron chi connectivity index (χ0n) is 8.74. The Balaban J connectivity index is 2.66. The van der Waals surface area contributed by atoms with E-state index < -0.39 is 0 Å². The standard InChI is InChI=1S/C15H14/c1-3-12-10-14-8-6-5-7-9-15(14)11-13(12)4-2/h3-4,6-11H,1-2,5H2. The van der Waals surface area contributed by atoms with E-state index in [1.165, 1.54) is 11.1 Å². The summed E-state index contributed by atoms with van der Waals surface area (Å²) in [5.41, 5.74) is 4.79. The molecule has 0 amide bonds. The molecule has 0 aromatic heterocycles. The molecule has 0 saturated carbocycles. The fraction of sp³-hybridized carbons (Fsp3) is 0.0667. The second kappa shape index (κ2) is 4.14. The van der Waals surface area contributed by atoms with Crippen molar-refractivity contribution < 1.29 is 0 Å². The molecule has 0 N–H and O–H groups in total. The molecule has 0 fully saturated rings. The van der Waals surface area contributed by atoms with Crippen molar-refractivity contribution in [2.75, 3.05) is 0 Å². The Kier molecular flexibility index (Phi) is 2.68. The summed E-state index contributed by atoms with van der Waals surface area (Å²) in [5, 5.41) is 0. The van der Waals surface area contributed by atoms with Crippen LogP contribution in [-0.2, 0) is 0 Å². The molecule has 0 unspecified atom stereocenters. The van der Waals surface area contributed by atoms with Crippen molar-refractivity contribution in [3.63, 3.8) is 0 Å². The monoisotopic (exact) mass is 194 g/mol. The SMILES string of the molecule is C=Cc1cc2c(cc1C=C)C=CCC=C2. The fourth-order valence-corrected chi connectivity index (χ4v) is 1.78. The van der Waals surface area contributed by atoms with Gasteiger partial charge in [0.15, 0.2) is 0 Å². The van der Waals surface area contributed by atoms with Gasteiger partial charge in [-0.1, -0.05) is 49.6 Å². The largest absolute Gasteiger partial charge is 0.0984 e. The van der Waals surface area contributed by atoms with Gasteiger partial charge in [0.05, 0.1) is 0 Å². The van der Waals surface area contributed by atoms with Crippen LogP contribution in [0.15, 0.2) is 37.4 Å². The number of benzene rings is 1. The van der Waals surface area contributed by atoms with Gasteiger partial charge in [0.25, 0.3) is 0 Å². The molecule has 74 valence electrons. The van der Waals surface area contributed by atoms with E-state index in [0.29, 0.717) is 0 Å². The minimum Gasteiger partial charge on any atom is -0.0984 e. The van der Waals surface area contributed by atoms with Crippen molar-refractivity contribution >= 4 is 24.3 Å². The molecular weight excluding hydrogens is 180 g/mol. The molecule has 0 aliphatic heterocycles. The van der Waals surface area contributed by atoms with Gasteiger partial charge in [0.2, 0.25) is 0 Å². The first kappa shape index (κ1) is 9.72. The Labute approximate surface area is 91.0 Å². The molecule has 2 rings (SSSR count). The first-order valence-electron chi connectivity index (χ1n) is 5.11. The predicted octanol–water partition coefficient (Wildman–Crippen LogP) is 4.40. The van der Waals surface area contributed by atoms with Crippen LogP contribution in [0.5, 0.6) is 0 Å². The normalized spacial score (nSPS) is 13.1. The zero-order valence-corrected chi connectivity index (χ0v) is 8.74. The minimum atomic E-state index is 1.00. The van der Waals surface area contributed by atoms with E-state index >= 15 is 0 Å². The van der Waals surface area contributed by atoms with Gasteiger partial charge in [-0.2, -0.15) is 0 Å². The van der Waals surface area contributed by atoms with E-state index in [1.807, 2.05) is 12.2 Å². The highest BCUT2D eigenvalue weighted by atomic mass is 14.1. The van der Waals surface area contributed by atoms with E-state index in [1.54, 1.807) is 0 Å². The van der Waals surface area contributed by atoms with Gasteiger partial charge in [0.1, 0.15) is 0 Å². The molecule has 1 aliphatic carbocycles. The second-order valence-corrected chi connectivity index (χ2v) is 3.56. The summed E-state index contributed by atoms with van der Waals surface area (Å²) >= 11 is 0. The van der Waals surface area contributed by atoms with Gasteiger partial charge in [-0.05, 0) is 40.8 Å². The number of rotatable bonds is 2. The molecular formula is C15H14. The Bertz CT molecular complexity index is 416. The first-order valence-corrected chi connectivity index (χ1v) is 5.11. The third-order valence-electron chi connectivity index (χ3n) is 2.60. The van der Waals surface area contributed by atoms with Crippen molar-refractivity contribution in [2.45, 2.75) is 6.42 Å². The molecule has 15 heavy (non-hydrogen) atoms. The van der Waals surface area contributed by atoms with Gasteiger partial charge in [-0.25, -0.2) is 0 Å². The lowest BCUT2D eigenvalue weighted by molar-refractivity contribution is 1.44. The van der Waals surface area contributed by atoms with Crippen LogP contribution in [0.4, 0.5) is 0 Å². The Morgan fingerprint density at radius 1 is 0.867 bits per heavy atom. The van der Waals surface area contributed by atoms with Crippen LogP contribution in [0.25, 0.3) is 24.3 Å². The average Bonchev–Trinajstić information content (AvgIpc) is 2.51. The molecule has 0 nitrogen and oxygen atoms in total. The minimum absolute atomic E-state index is 1.00. The zero-order chi connectivity index (χ0) is 10.7. The summed E-state index contributed by atoms with van der Waals surface area (Å²) in [4.78, 5) is 0. The van der Waals surface area contributed by atoms with E-state index in [0.717, 1.165) is 17.5 Å². The summed E-state index contributed by atoms with van der Waals surface area (Å²) in [7, 11) is 0. The maximum atomic E-state index is 3.82. The van der Waals surface area contributed by atoms with Crippen LogP contribution in [0.3, 0.4) is 0 Å². The average molecular weight is 194 g/mol. The molecule has 1 aromatic carbocycles. The maximum Gasteiger partial charge on any atom is -0.0162 e. The summed E-state index contributed by atoms with van der Waals surface area (Å²) in [6, 6.07) is 4.32. The number of fused-ring (bicyclic) bond motifs is 1. The van der Waals surface area contributed by atoms with Crippen molar-refractivity contribution in [3.05, 3.63) is 59.7 Å². The molecule has 0 atom stereocenters. The van der Waals surface area contributed by atoms with Gasteiger partial charge in [-0.3, -0.25) is 0 Å². The van der Waals surface area contributed by atoms with Gasteiger partial charge in [0, 0.05) is 0 Å². The molecule has 0 radical (unpaired) electrons. The topological polar surface area (TPSA) is 0 Å². The van der Waals surface area contributed by atoms with E-state index in [9.17, 15) is 0 Å². The first-order chi connectivity index (χ1) is 7.35. The summed E-state index contributed by atoms with van der Waals surface area (Å²) in [5.74, 6) is 0. The highest BCUT2D eigenvalue weighted by Crippen LogP contribution is 2.23. The van der Waals surface area contributed by atoms with Crippen LogP contribution < -0.4 is 0 Å². The lowest BCUT2D eigenvalue weighted by Gasteiger charge is -2.06. The second-order valence-electron chi connectivity index (χ2n) is 3.56. The quantitative estimate of drug-likeness (QED) is 0.654. The summed E-state index contributed by atoms with van der Waals surface area (Å²) < 4.78 is 0. The van der Waals surface area contributed by atoms with Crippen LogP contribution in [0.2, 0.25) is 0 Å². The highest BCUT2D eigenvalue weighted by molar-refractivity contribution is 5.75. The number of allylic oxidation sites excluding steroid dienone is 2. The third kappa shape index (κ3) is 1.84. The molecule has 1 aliphatic rings. The number of hydrogen-bond donors (Lipinski definition) is 0. The third-order valence-corrected chi connectivity index (χ3v) is 2.60. The lowest BCUT2D eigenvalue weighted by Crippen LogP contribution is -1.87. The van der Waals surface area contributed by atoms with Crippen molar-refractivity contribution in [1.29, 1.82) is 0 Å². The number of hydrogen-bond acceptors (Lipinski definition) is 0. The molecule has 0 spiro atoms. The van der Waals surface area contributed by atoms with Gasteiger partial charge < -0.3 is 0 Å². The molecule has 0 bridgehead atoms. The molecule has 0 saturated heterocycles. The van der Waals surface area contributed by atoms with Crippen LogP contribution in [0.1, 0.15) is 28.7 Å². The van der Waals surface area contributed by atoms with Crippen LogP contribution in [0, 0.1) is 0 Å². The summed E-state index contributed by atoms with van der Waals surface area (Å²) in [6.07, 6.45) is 13.4. The Morgan fingerprint density at radius 2 is 1.33 bits per heavy atom. The van der Waals surface area contributed by atoms with Gasteiger partial charge in [-0.15, -0.1) is 0 Å². The van der Waals surface area contributed by atoms with Gasteiger partial charge >= 0.3 is 0 Å². The maximum absolute atomic E-state index is 3.82.